The predicted octanol–water partition coefficient (Wildman–Crippen LogP) is 2.11. The molecule has 0 saturated carbocycles. The highest BCUT2D eigenvalue weighted by Gasteiger charge is 2.30. The van der Waals surface area contributed by atoms with Crippen molar-refractivity contribution in [3.8, 4) is 0 Å². The van der Waals surface area contributed by atoms with Gasteiger partial charge in [0.25, 0.3) is 0 Å². The van der Waals surface area contributed by atoms with Gasteiger partial charge in [0.15, 0.2) is 0 Å². The molecule has 1 fully saturated rings. The molecule has 0 radical (unpaired) electrons. The molecule has 1 aliphatic heterocycles. The summed E-state index contributed by atoms with van der Waals surface area (Å²) < 4.78 is 13.3. The second-order valence-electron chi connectivity index (χ2n) is 5.86. The molecule has 1 atom stereocenters. The first-order valence-corrected chi connectivity index (χ1v) is 8.00. The summed E-state index contributed by atoms with van der Waals surface area (Å²) >= 11 is 0. The van der Waals surface area contributed by atoms with E-state index >= 15 is 0 Å². The van der Waals surface area contributed by atoms with Crippen LogP contribution in [-0.4, -0.2) is 52.5 Å². The average Bonchev–Trinajstić information content (AvgIpc) is 2.53. The molecular weight excluding hydrogens is 299 g/mol. The van der Waals surface area contributed by atoms with E-state index in [0.717, 1.165) is 18.4 Å². The van der Waals surface area contributed by atoms with E-state index in [0.29, 0.717) is 26.1 Å². The van der Waals surface area contributed by atoms with Crippen molar-refractivity contribution < 1.29 is 19.1 Å². The first kappa shape index (κ1) is 17.4. The highest BCUT2D eigenvalue weighted by molar-refractivity contribution is 5.80. The summed E-state index contributed by atoms with van der Waals surface area (Å²) in [6.45, 7) is 3.42. The molecule has 0 aromatic heterocycles. The van der Waals surface area contributed by atoms with Gasteiger partial charge >= 0.3 is 5.97 Å². The molecule has 2 rings (SSSR count). The zero-order valence-electron chi connectivity index (χ0n) is 13.4. The molecule has 0 bridgehead atoms. The second kappa shape index (κ2) is 8.06. The molecule has 1 heterocycles. The lowest BCUT2D eigenvalue weighted by atomic mass is 10.0. The Hall–Kier alpha value is -1.95. The predicted molar refractivity (Wildman–Crippen MR) is 84.3 cm³/mol. The lowest BCUT2D eigenvalue weighted by Crippen LogP contribution is -2.49. The highest BCUT2D eigenvalue weighted by atomic mass is 19.1. The maximum absolute atomic E-state index is 13.3. The SMILES string of the molecule is CCN(Cc1cccc(F)c1)C(=O)CN1CCCCC1C(=O)O. The number of carboxylic acid groups (broad SMARTS) is 1. The maximum atomic E-state index is 13.3. The van der Waals surface area contributed by atoms with Crippen molar-refractivity contribution in [3.05, 3.63) is 35.6 Å². The fourth-order valence-electron chi connectivity index (χ4n) is 2.97. The van der Waals surface area contributed by atoms with E-state index in [1.165, 1.54) is 12.1 Å². The molecule has 1 saturated heterocycles. The number of hydrogen-bond donors (Lipinski definition) is 1. The Morgan fingerprint density at radius 3 is 2.83 bits per heavy atom. The van der Waals surface area contributed by atoms with E-state index < -0.39 is 12.0 Å². The largest absolute Gasteiger partial charge is 0.480 e. The van der Waals surface area contributed by atoms with Crippen molar-refractivity contribution in [1.82, 2.24) is 9.80 Å². The van der Waals surface area contributed by atoms with Gasteiger partial charge in [0.1, 0.15) is 11.9 Å². The molecule has 6 heteroatoms. The summed E-state index contributed by atoms with van der Waals surface area (Å²) in [5.41, 5.74) is 0.730. The van der Waals surface area contributed by atoms with Gasteiger partial charge in [0, 0.05) is 13.1 Å². The van der Waals surface area contributed by atoms with Crippen LogP contribution in [0.15, 0.2) is 24.3 Å². The van der Waals surface area contributed by atoms with Crippen LogP contribution in [0, 0.1) is 5.82 Å². The van der Waals surface area contributed by atoms with Crippen LogP contribution in [0.3, 0.4) is 0 Å². The smallest absolute Gasteiger partial charge is 0.320 e. The van der Waals surface area contributed by atoms with Crippen LogP contribution in [0.5, 0.6) is 0 Å². The van der Waals surface area contributed by atoms with Crippen LogP contribution >= 0.6 is 0 Å². The Labute approximate surface area is 135 Å². The topological polar surface area (TPSA) is 60.9 Å². The number of carbonyl (C=O) groups excluding carboxylic acids is 1. The Kier molecular flexibility index (Phi) is 6.10. The van der Waals surface area contributed by atoms with Crippen LogP contribution in [-0.2, 0) is 16.1 Å². The van der Waals surface area contributed by atoms with Crippen molar-refractivity contribution in [2.75, 3.05) is 19.6 Å². The van der Waals surface area contributed by atoms with Gasteiger partial charge in [0.05, 0.1) is 6.54 Å². The number of aliphatic carboxylic acids is 1. The van der Waals surface area contributed by atoms with E-state index in [9.17, 15) is 19.1 Å². The van der Waals surface area contributed by atoms with E-state index in [1.54, 1.807) is 21.9 Å². The molecule has 23 heavy (non-hydrogen) atoms. The zero-order chi connectivity index (χ0) is 16.8. The number of likely N-dealkylation sites (N-methyl/N-ethyl adjacent to an activating group) is 1. The summed E-state index contributed by atoms with van der Waals surface area (Å²) in [6.07, 6.45) is 2.37. The van der Waals surface area contributed by atoms with Gasteiger partial charge in [-0.1, -0.05) is 18.6 Å². The molecule has 1 unspecified atom stereocenters. The number of nitrogens with zero attached hydrogens (tertiary/aromatic N) is 2. The minimum atomic E-state index is -0.870. The highest BCUT2D eigenvalue weighted by Crippen LogP contribution is 2.17. The van der Waals surface area contributed by atoms with Gasteiger partial charge in [0.2, 0.25) is 5.91 Å². The van der Waals surface area contributed by atoms with Gasteiger partial charge in [-0.2, -0.15) is 0 Å². The van der Waals surface area contributed by atoms with Crippen molar-refractivity contribution >= 4 is 11.9 Å². The maximum Gasteiger partial charge on any atom is 0.320 e. The quantitative estimate of drug-likeness (QED) is 0.871. The Balaban J connectivity index is 2.00. The van der Waals surface area contributed by atoms with Crippen molar-refractivity contribution in [3.63, 3.8) is 0 Å². The minimum Gasteiger partial charge on any atom is -0.480 e. The third kappa shape index (κ3) is 4.76. The molecular formula is C17H23FN2O3. The van der Waals surface area contributed by atoms with Gasteiger partial charge < -0.3 is 10.0 Å². The second-order valence-corrected chi connectivity index (χ2v) is 5.86. The summed E-state index contributed by atoms with van der Waals surface area (Å²) in [6, 6.07) is 5.60. The number of carbonyl (C=O) groups is 2. The number of benzene rings is 1. The fraction of sp³-hybridized carbons (Fsp3) is 0.529. The minimum absolute atomic E-state index is 0.0973. The fourth-order valence-corrected chi connectivity index (χ4v) is 2.97. The third-order valence-electron chi connectivity index (χ3n) is 4.23. The molecule has 1 amide bonds. The van der Waals surface area contributed by atoms with Crippen molar-refractivity contribution in [2.24, 2.45) is 0 Å². The lowest BCUT2D eigenvalue weighted by molar-refractivity contribution is -0.146. The van der Waals surface area contributed by atoms with Crippen LogP contribution in [0.4, 0.5) is 4.39 Å². The van der Waals surface area contributed by atoms with Crippen LogP contribution in [0.1, 0.15) is 31.7 Å². The lowest BCUT2D eigenvalue weighted by Gasteiger charge is -2.34. The van der Waals surface area contributed by atoms with E-state index in [1.807, 2.05) is 6.92 Å². The first-order chi connectivity index (χ1) is 11.0. The number of rotatable bonds is 6. The van der Waals surface area contributed by atoms with Crippen LogP contribution in [0.25, 0.3) is 0 Å². The molecule has 1 aromatic carbocycles. The number of halogens is 1. The van der Waals surface area contributed by atoms with E-state index in [4.69, 9.17) is 0 Å². The average molecular weight is 322 g/mol. The summed E-state index contributed by atoms with van der Waals surface area (Å²) in [7, 11) is 0. The Morgan fingerprint density at radius 2 is 2.17 bits per heavy atom. The molecule has 1 aliphatic rings. The third-order valence-corrected chi connectivity index (χ3v) is 4.23. The molecule has 0 aliphatic carbocycles. The number of hydrogen-bond acceptors (Lipinski definition) is 3. The Morgan fingerprint density at radius 1 is 1.39 bits per heavy atom. The number of carboxylic acids is 1. The number of amides is 1. The van der Waals surface area contributed by atoms with Crippen LogP contribution < -0.4 is 0 Å². The summed E-state index contributed by atoms with van der Waals surface area (Å²) in [5.74, 6) is -1.32. The summed E-state index contributed by atoms with van der Waals surface area (Å²) in [4.78, 5) is 27.2. The summed E-state index contributed by atoms with van der Waals surface area (Å²) in [5, 5.41) is 9.27. The van der Waals surface area contributed by atoms with Crippen LogP contribution in [0.2, 0.25) is 0 Å². The standard InChI is InChI=1S/C17H23FN2O3/c1-2-19(11-13-6-5-7-14(18)10-13)16(21)12-20-9-4-3-8-15(20)17(22)23/h5-7,10,15H,2-4,8-9,11-12H2,1H3,(H,22,23). The van der Waals surface area contributed by atoms with E-state index in [2.05, 4.69) is 0 Å². The molecule has 0 spiro atoms. The molecule has 5 nitrogen and oxygen atoms in total. The van der Waals surface area contributed by atoms with E-state index in [-0.39, 0.29) is 18.3 Å². The first-order valence-electron chi connectivity index (χ1n) is 8.00. The normalized spacial score (nSPS) is 18.6. The molecule has 1 aromatic rings. The van der Waals surface area contributed by atoms with Crippen molar-refractivity contribution in [1.29, 1.82) is 0 Å². The number of piperidine rings is 1. The number of likely N-dealkylation sites (tertiary alicyclic amines) is 1. The van der Waals surface area contributed by atoms with Gasteiger partial charge in [-0.15, -0.1) is 0 Å². The van der Waals surface area contributed by atoms with Gasteiger partial charge in [-0.05, 0) is 44.0 Å². The zero-order valence-corrected chi connectivity index (χ0v) is 13.4. The molecule has 126 valence electrons. The molecule has 1 N–H and O–H groups in total. The monoisotopic (exact) mass is 322 g/mol. The van der Waals surface area contributed by atoms with Gasteiger partial charge in [-0.3, -0.25) is 14.5 Å². The van der Waals surface area contributed by atoms with Gasteiger partial charge in [-0.25, -0.2) is 4.39 Å². The Bertz CT molecular complexity index is 565. The van der Waals surface area contributed by atoms with Crippen molar-refractivity contribution in [2.45, 2.75) is 38.8 Å².